The molecule has 0 aromatic rings. The summed E-state index contributed by atoms with van der Waals surface area (Å²) >= 11 is 0. The summed E-state index contributed by atoms with van der Waals surface area (Å²) in [6, 6.07) is 0. The van der Waals surface area contributed by atoms with E-state index < -0.39 is 27.2 Å². The number of carbonyl (C=O) groups is 1. The molecule has 5 nitrogen and oxygen atoms in total. The topological polar surface area (TPSA) is 80.7 Å². The summed E-state index contributed by atoms with van der Waals surface area (Å²) in [7, 11) is -3.58. The van der Waals surface area contributed by atoms with E-state index in [0.717, 1.165) is 30.2 Å². The van der Waals surface area contributed by atoms with Crippen molar-refractivity contribution in [2.45, 2.75) is 56.7 Å². The second kappa shape index (κ2) is 3.97. The van der Waals surface area contributed by atoms with Crippen LogP contribution in [0.2, 0.25) is 0 Å². The van der Waals surface area contributed by atoms with Crippen LogP contribution in [0.3, 0.4) is 0 Å². The predicted octanol–water partition coefficient (Wildman–Crippen LogP) is 1.32. The Labute approximate surface area is 124 Å². The first-order chi connectivity index (χ1) is 9.77. The van der Waals surface area contributed by atoms with Crippen LogP contribution >= 0.6 is 0 Å². The van der Waals surface area contributed by atoms with Crippen LogP contribution in [0.5, 0.6) is 0 Å². The summed E-state index contributed by atoms with van der Waals surface area (Å²) < 4.78 is 28.6. The fourth-order valence-corrected chi connectivity index (χ4v) is 6.20. The molecule has 0 aliphatic heterocycles. The Morgan fingerprint density at radius 1 is 1.24 bits per heavy atom. The van der Waals surface area contributed by atoms with Gasteiger partial charge in [0.25, 0.3) is 10.1 Å². The molecule has 4 rings (SSSR count). The highest BCUT2D eigenvalue weighted by Crippen LogP contribution is 2.68. The van der Waals surface area contributed by atoms with Gasteiger partial charge in [-0.1, -0.05) is 0 Å². The molecular formula is C15H20O5S. The average Bonchev–Trinajstić information content (AvgIpc) is 2.97. The number of hydrogen-bond acceptors (Lipinski definition) is 5. The summed E-state index contributed by atoms with van der Waals surface area (Å²) in [6.07, 6.45) is 4.96. The Morgan fingerprint density at radius 2 is 2.00 bits per heavy atom. The van der Waals surface area contributed by atoms with Crippen molar-refractivity contribution in [3.8, 4) is 0 Å². The molecule has 0 heterocycles. The molecule has 0 aromatic carbocycles. The maximum absolute atomic E-state index is 12.2. The second-order valence-corrected chi connectivity index (χ2v) is 8.69. The molecule has 0 saturated heterocycles. The van der Waals surface area contributed by atoms with Crippen molar-refractivity contribution >= 4 is 15.9 Å². The zero-order valence-electron chi connectivity index (χ0n) is 12.1. The monoisotopic (exact) mass is 312 g/mol. The van der Waals surface area contributed by atoms with E-state index in [1.165, 1.54) is 0 Å². The van der Waals surface area contributed by atoms with Gasteiger partial charge < -0.3 is 5.11 Å². The number of allylic oxidation sites excluding steroid dienone is 1. The van der Waals surface area contributed by atoms with Crippen molar-refractivity contribution in [1.29, 1.82) is 0 Å². The minimum Gasteiger partial charge on any atom is -0.389 e. The Bertz CT molecular complexity index is 664. The first-order valence-electron chi connectivity index (χ1n) is 7.64. The Kier molecular flexibility index (Phi) is 2.63. The summed E-state index contributed by atoms with van der Waals surface area (Å²) in [5.74, 6) is 0.393. The van der Waals surface area contributed by atoms with E-state index in [1.807, 2.05) is 0 Å². The molecule has 2 fully saturated rings. The standard InChI is InChI=1S/C15H20O5S/c1-21(18,19)20-12-4-6-14(17)5-3-10-11(16)8-9-2-7-15(12,14)13(9)10/h9,12,17H,2-8H2,1H3/t9-,12-,14-,15+/m0/s1. The molecule has 4 atom stereocenters. The highest BCUT2D eigenvalue weighted by Gasteiger charge is 2.69. The highest BCUT2D eigenvalue weighted by molar-refractivity contribution is 7.86. The third kappa shape index (κ3) is 1.64. The fraction of sp³-hybridized carbons (Fsp3) is 0.800. The van der Waals surface area contributed by atoms with Crippen molar-refractivity contribution < 1.29 is 22.5 Å². The van der Waals surface area contributed by atoms with Crippen LogP contribution in [0, 0.1) is 11.3 Å². The molecule has 1 N–H and O–H groups in total. The zero-order valence-corrected chi connectivity index (χ0v) is 12.9. The van der Waals surface area contributed by atoms with Crippen molar-refractivity contribution in [3.63, 3.8) is 0 Å². The molecule has 4 aliphatic carbocycles. The maximum atomic E-state index is 12.2. The van der Waals surface area contributed by atoms with Crippen LogP contribution in [-0.4, -0.2) is 37.3 Å². The van der Waals surface area contributed by atoms with Gasteiger partial charge in [-0.3, -0.25) is 8.98 Å². The third-order valence-corrected chi connectivity index (χ3v) is 6.73. The normalized spacial score (nSPS) is 45.1. The van der Waals surface area contributed by atoms with Gasteiger partial charge in [-0.25, -0.2) is 0 Å². The first-order valence-corrected chi connectivity index (χ1v) is 9.46. The van der Waals surface area contributed by atoms with E-state index in [0.29, 0.717) is 32.1 Å². The second-order valence-electron chi connectivity index (χ2n) is 7.09. The predicted molar refractivity (Wildman–Crippen MR) is 74.9 cm³/mol. The molecule has 0 amide bonds. The largest absolute Gasteiger partial charge is 0.389 e. The van der Waals surface area contributed by atoms with Gasteiger partial charge >= 0.3 is 0 Å². The lowest BCUT2D eigenvalue weighted by atomic mass is 9.62. The minimum atomic E-state index is -3.58. The number of hydrogen-bond donors (Lipinski definition) is 1. The van der Waals surface area contributed by atoms with Crippen LogP contribution < -0.4 is 0 Å². The zero-order chi connectivity index (χ0) is 15.0. The first kappa shape index (κ1) is 13.9. The lowest BCUT2D eigenvalue weighted by molar-refractivity contribution is -0.116. The SMILES string of the molecule is CS(=O)(=O)O[C@H]1CC[C@@]2(O)CCC3=C4[C@@H](CC[C@]412)CC3=O. The van der Waals surface area contributed by atoms with Gasteiger partial charge in [-0.05, 0) is 55.6 Å². The van der Waals surface area contributed by atoms with E-state index in [2.05, 4.69) is 0 Å². The number of rotatable bonds is 2. The summed E-state index contributed by atoms with van der Waals surface area (Å²) in [5.41, 5.74) is 0.375. The van der Waals surface area contributed by atoms with Crippen molar-refractivity contribution in [2.24, 2.45) is 11.3 Å². The molecule has 1 spiro atoms. The van der Waals surface area contributed by atoms with E-state index in [4.69, 9.17) is 4.18 Å². The molecular weight excluding hydrogens is 292 g/mol. The van der Waals surface area contributed by atoms with E-state index in [9.17, 15) is 18.3 Å². The van der Waals surface area contributed by atoms with Crippen LogP contribution in [-0.2, 0) is 19.1 Å². The van der Waals surface area contributed by atoms with Gasteiger partial charge in [-0.15, -0.1) is 0 Å². The number of Topliss-reactive ketones (excluding diaryl/α,β-unsaturated/α-hetero) is 1. The fourth-order valence-electron chi connectivity index (χ4n) is 5.51. The molecule has 21 heavy (non-hydrogen) atoms. The van der Waals surface area contributed by atoms with E-state index in [-0.39, 0.29) is 11.7 Å². The Balaban J connectivity index is 1.88. The smallest absolute Gasteiger partial charge is 0.264 e. The quantitative estimate of drug-likeness (QED) is 0.778. The molecule has 0 radical (unpaired) electrons. The van der Waals surface area contributed by atoms with E-state index in [1.54, 1.807) is 0 Å². The van der Waals surface area contributed by atoms with Crippen molar-refractivity contribution in [3.05, 3.63) is 11.1 Å². The highest BCUT2D eigenvalue weighted by atomic mass is 32.2. The van der Waals surface area contributed by atoms with Crippen LogP contribution in [0.15, 0.2) is 11.1 Å². The lowest BCUT2D eigenvalue weighted by Gasteiger charge is -2.47. The Hall–Kier alpha value is -0.720. The number of ketones is 1. The number of carbonyl (C=O) groups excluding carboxylic acids is 1. The maximum Gasteiger partial charge on any atom is 0.264 e. The van der Waals surface area contributed by atoms with Gasteiger partial charge in [0, 0.05) is 11.8 Å². The lowest BCUT2D eigenvalue weighted by Crippen LogP contribution is -2.52. The van der Waals surface area contributed by atoms with E-state index >= 15 is 0 Å². The van der Waals surface area contributed by atoms with Crippen LogP contribution in [0.1, 0.15) is 44.9 Å². The van der Waals surface area contributed by atoms with Crippen LogP contribution in [0.4, 0.5) is 0 Å². The summed E-state index contributed by atoms with van der Waals surface area (Å²) in [5, 5.41) is 11.2. The molecule has 4 aliphatic rings. The molecule has 0 unspecified atom stereocenters. The molecule has 2 saturated carbocycles. The van der Waals surface area contributed by atoms with Gasteiger partial charge in [0.2, 0.25) is 0 Å². The van der Waals surface area contributed by atoms with Crippen molar-refractivity contribution in [1.82, 2.24) is 0 Å². The molecule has 0 bridgehead atoms. The summed E-state index contributed by atoms with van der Waals surface area (Å²) in [4.78, 5) is 12.2. The van der Waals surface area contributed by atoms with Gasteiger partial charge in [0.1, 0.15) is 0 Å². The van der Waals surface area contributed by atoms with Crippen molar-refractivity contribution in [2.75, 3.05) is 6.26 Å². The molecule has 0 aromatic heterocycles. The average molecular weight is 312 g/mol. The van der Waals surface area contributed by atoms with Crippen LogP contribution in [0.25, 0.3) is 0 Å². The van der Waals surface area contributed by atoms with Gasteiger partial charge in [0.15, 0.2) is 5.78 Å². The number of aliphatic hydroxyl groups is 1. The molecule has 6 heteroatoms. The third-order valence-electron chi connectivity index (χ3n) is 6.15. The van der Waals surface area contributed by atoms with Gasteiger partial charge in [0.05, 0.1) is 18.0 Å². The summed E-state index contributed by atoms with van der Waals surface area (Å²) in [6.45, 7) is 0. The van der Waals surface area contributed by atoms with Gasteiger partial charge in [-0.2, -0.15) is 8.42 Å². The minimum absolute atomic E-state index is 0.195. The molecule has 116 valence electrons. The Morgan fingerprint density at radius 3 is 2.71 bits per heavy atom.